The molecule has 2 rings (SSSR count). The predicted octanol–water partition coefficient (Wildman–Crippen LogP) is 1.84. The van der Waals surface area contributed by atoms with Crippen LogP contribution in [0, 0.1) is 13.8 Å². The molecule has 2 heterocycles. The summed E-state index contributed by atoms with van der Waals surface area (Å²) in [5, 5.41) is 11.6. The lowest BCUT2D eigenvalue weighted by atomic mass is 10.2. The third-order valence-corrected chi connectivity index (χ3v) is 3.76. The molecule has 2 aromatic heterocycles. The lowest BCUT2D eigenvalue weighted by molar-refractivity contribution is 0.0941. The number of nitrogens with zero attached hydrogens (tertiary/aromatic N) is 4. The number of hydrogen-bond donors (Lipinski definition) is 1. The van der Waals surface area contributed by atoms with Crippen LogP contribution in [0.4, 0.5) is 0 Å². The first-order chi connectivity index (χ1) is 9.45. The second-order valence-electron chi connectivity index (χ2n) is 4.63. The van der Waals surface area contributed by atoms with Gasteiger partial charge in [-0.05, 0) is 20.8 Å². The molecule has 0 aromatic carbocycles. The first-order valence-corrected chi connectivity index (χ1v) is 6.82. The summed E-state index contributed by atoms with van der Waals surface area (Å²) in [7, 11) is 1.70. The molecule has 0 spiro atoms. The van der Waals surface area contributed by atoms with Crippen molar-refractivity contribution in [3.05, 3.63) is 33.9 Å². The van der Waals surface area contributed by atoms with Gasteiger partial charge in [0.25, 0.3) is 5.91 Å². The normalized spacial score (nSPS) is 10.8. The van der Waals surface area contributed by atoms with Crippen molar-refractivity contribution < 1.29 is 4.79 Å². The highest BCUT2D eigenvalue weighted by Crippen LogP contribution is 2.19. The summed E-state index contributed by atoms with van der Waals surface area (Å²) in [5.41, 5.74) is 3.08. The van der Waals surface area contributed by atoms with Gasteiger partial charge in [-0.25, -0.2) is 0 Å². The van der Waals surface area contributed by atoms with Gasteiger partial charge in [0.1, 0.15) is 5.69 Å². The minimum Gasteiger partial charge on any atom is -0.346 e. The van der Waals surface area contributed by atoms with Crippen LogP contribution in [0.25, 0.3) is 0 Å². The number of aryl methyl sites for hydroxylation is 3. The van der Waals surface area contributed by atoms with Crippen LogP contribution in [0.5, 0.6) is 0 Å². The zero-order valence-corrected chi connectivity index (χ0v) is 12.8. The van der Waals surface area contributed by atoms with E-state index in [9.17, 15) is 4.79 Å². The molecule has 0 saturated heterocycles. The maximum Gasteiger partial charge on any atom is 0.271 e. The molecule has 0 fully saturated rings. The first kappa shape index (κ1) is 14.6. The molecular formula is C13H18ClN5O. The van der Waals surface area contributed by atoms with Crippen molar-refractivity contribution in [2.75, 3.05) is 0 Å². The molecule has 1 N–H and O–H groups in total. The number of carbonyl (C=O) groups excluding carboxylic acids is 1. The zero-order valence-electron chi connectivity index (χ0n) is 12.1. The highest BCUT2D eigenvalue weighted by atomic mass is 35.5. The topological polar surface area (TPSA) is 64.7 Å². The van der Waals surface area contributed by atoms with Gasteiger partial charge in [-0.15, -0.1) is 0 Å². The Balaban J connectivity index is 2.10. The largest absolute Gasteiger partial charge is 0.346 e. The summed E-state index contributed by atoms with van der Waals surface area (Å²) < 4.78 is 3.39. The van der Waals surface area contributed by atoms with E-state index < -0.39 is 0 Å². The van der Waals surface area contributed by atoms with Crippen LogP contribution in [-0.4, -0.2) is 25.5 Å². The average Bonchev–Trinajstić information content (AvgIpc) is 2.88. The van der Waals surface area contributed by atoms with E-state index >= 15 is 0 Å². The van der Waals surface area contributed by atoms with Crippen LogP contribution in [0.2, 0.25) is 5.02 Å². The fourth-order valence-electron chi connectivity index (χ4n) is 2.12. The number of aromatic nitrogens is 4. The Morgan fingerprint density at radius 1 is 1.45 bits per heavy atom. The van der Waals surface area contributed by atoms with Crippen LogP contribution < -0.4 is 5.32 Å². The number of rotatable bonds is 4. The Kier molecular flexibility index (Phi) is 4.13. The van der Waals surface area contributed by atoms with E-state index in [1.165, 1.54) is 4.68 Å². The Labute approximate surface area is 122 Å². The third kappa shape index (κ3) is 2.56. The monoisotopic (exact) mass is 295 g/mol. The molecule has 1 amide bonds. The highest BCUT2D eigenvalue weighted by molar-refractivity contribution is 6.34. The average molecular weight is 296 g/mol. The smallest absolute Gasteiger partial charge is 0.271 e. The fraction of sp³-hybridized carbons (Fsp3) is 0.462. The highest BCUT2D eigenvalue weighted by Gasteiger charge is 2.18. The van der Waals surface area contributed by atoms with Gasteiger partial charge in [0.15, 0.2) is 0 Å². The molecule has 0 aliphatic rings. The molecule has 7 heteroatoms. The zero-order chi connectivity index (χ0) is 14.9. The molecule has 2 aromatic rings. The molecule has 0 unspecified atom stereocenters. The Hall–Kier alpha value is -1.82. The molecule has 0 radical (unpaired) electrons. The lowest BCUT2D eigenvalue weighted by Crippen LogP contribution is -2.25. The maximum absolute atomic E-state index is 12.2. The molecular weight excluding hydrogens is 278 g/mol. The summed E-state index contributed by atoms with van der Waals surface area (Å²) in [6, 6.07) is 0. The standard InChI is InChI=1S/C13H18ClN5O/c1-5-19-9(3)10(7-16-19)6-15-13(20)12-11(14)8(2)17-18(12)4/h7H,5-6H2,1-4H3,(H,15,20). The fourth-order valence-corrected chi connectivity index (χ4v) is 2.36. The van der Waals surface area contributed by atoms with E-state index in [0.29, 0.717) is 23.0 Å². The van der Waals surface area contributed by atoms with Gasteiger partial charge in [0.05, 0.1) is 16.9 Å². The van der Waals surface area contributed by atoms with Crippen molar-refractivity contribution in [3.8, 4) is 0 Å². The van der Waals surface area contributed by atoms with E-state index in [0.717, 1.165) is 17.8 Å². The molecule has 0 saturated carbocycles. The van der Waals surface area contributed by atoms with E-state index in [2.05, 4.69) is 15.5 Å². The molecule has 108 valence electrons. The molecule has 0 aliphatic carbocycles. The number of carbonyl (C=O) groups is 1. The summed E-state index contributed by atoms with van der Waals surface area (Å²) >= 11 is 6.09. The van der Waals surface area contributed by atoms with Crippen LogP contribution in [-0.2, 0) is 20.1 Å². The Morgan fingerprint density at radius 3 is 2.65 bits per heavy atom. The quantitative estimate of drug-likeness (QED) is 0.936. The summed E-state index contributed by atoms with van der Waals surface area (Å²) in [4.78, 5) is 12.2. The van der Waals surface area contributed by atoms with E-state index in [4.69, 9.17) is 11.6 Å². The van der Waals surface area contributed by atoms with Crippen molar-refractivity contribution in [1.82, 2.24) is 24.9 Å². The number of nitrogens with one attached hydrogen (secondary N) is 1. The van der Waals surface area contributed by atoms with Crippen molar-refractivity contribution >= 4 is 17.5 Å². The van der Waals surface area contributed by atoms with Gasteiger partial charge in [-0.3, -0.25) is 14.2 Å². The summed E-state index contributed by atoms with van der Waals surface area (Å²) in [5.74, 6) is -0.234. The molecule has 0 aliphatic heterocycles. The van der Waals surface area contributed by atoms with Crippen molar-refractivity contribution in [3.63, 3.8) is 0 Å². The number of hydrogen-bond acceptors (Lipinski definition) is 3. The van der Waals surface area contributed by atoms with Crippen molar-refractivity contribution in [2.24, 2.45) is 7.05 Å². The number of amides is 1. The molecule has 6 nitrogen and oxygen atoms in total. The van der Waals surface area contributed by atoms with Crippen LogP contribution in [0.3, 0.4) is 0 Å². The molecule has 0 atom stereocenters. The van der Waals surface area contributed by atoms with Crippen LogP contribution in [0.1, 0.15) is 34.4 Å². The third-order valence-electron chi connectivity index (χ3n) is 3.31. The van der Waals surface area contributed by atoms with Gasteiger partial charge in [-0.1, -0.05) is 11.6 Å². The first-order valence-electron chi connectivity index (χ1n) is 6.44. The molecule has 0 bridgehead atoms. The molecule has 20 heavy (non-hydrogen) atoms. The number of halogens is 1. The van der Waals surface area contributed by atoms with Gasteiger partial charge in [0, 0.05) is 31.4 Å². The van der Waals surface area contributed by atoms with Crippen LogP contribution >= 0.6 is 11.6 Å². The summed E-state index contributed by atoms with van der Waals surface area (Å²) in [6.07, 6.45) is 1.77. The Bertz CT molecular complexity index is 643. The second-order valence-corrected chi connectivity index (χ2v) is 5.00. The maximum atomic E-state index is 12.2. The minimum absolute atomic E-state index is 0.234. The SMILES string of the molecule is CCn1ncc(CNC(=O)c2c(Cl)c(C)nn2C)c1C. The van der Waals surface area contributed by atoms with Gasteiger partial charge < -0.3 is 5.32 Å². The minimum atomic E-state index is -0.234. The second kappa shape index (κ2) is 5.66. The van der Waals surface area contributed by atoms with Crippen LogP contribution in [0.15, 0.2) is 6.20 Å². The predicted molar refractivity (Wildman–Crippen MR) is 76.8 cm³/mol. The lowest BCUT2D eigenvalue weighted by Gasteiger charge is -2.06. The van der Waals surface area contributed by atoms with E-state index in [-0.39, 0.29) is 5.91 Å². The Morgan fingerprint density at radius 2 is 2.15 bits per heavy atom. The van der Waals surface area contributed by atoms with Gasteiger partial charge in [-0.2, -0.15) is 10.2 Å². The van der Waals surface area contributed by atoms with E-state index in [1.54, 1.807) is 20.2 Å². The van der Waals surface area contributed by atoms with Crippen molar-refractivity contribution in [1.29, 1.82) is 0 Å². The summed E-state index contributed by atoms with van der Waals surface area (Å²) in [6.45, 7) is 7.02. The van der Waals surface area contributed by atoms with E-state index in [1.807, 2.05) is 18.5 Å². The van der Waals surface area contributed by atoms with Crippen molar-refractivity contribution in [2.45, 2.75) is 33.9 Å². The van der Waals surface area contributed by atoms with Gasteiger partial charge in [0.2, 0.25) is 0 Å². The van der Waals surface area contributed by atoms with Gasteiger partial charge >= 0.3 is 0 Å².